The molecule has 2 aromatic carbocycles. The monoisotopic (exact) mass is 480 g/mol. The third-order valence-electron chi connectivity index (χ3n) is 5.65. The number of imidazole rings is 1. The molecule has 0 spiro atoms. The van der Waals surface area contributed by atoms with Crippen LogP contribution >= 0.6 is 0 Å². The fourth-order valence-electron chi connectivity index (χ4n) is 3.83. The maximum absolute atomic E-state index is 14.0. The van der Waals surface area contributed by atoms with Gasteiger partial charge in [-0.05, 0) is 55.3 Å². The lowest BCUT2D eigenvalue weighted by atomic mass is 10.1. The van der Waals surface area contributed by atoms with Crippen LogP contribution in [0, 0.1) is 25.5 Å². The van der Waals surface area contributed by atoms with Crippen LogP contribution in [-0.4, -0.2) is 28.9 Å². The number of halogens is 2. The summed E-state index contributed by atoms with van der Waals surface area (Å²) in [5, 5.41) is 2.86. The summed E-state index contributed by atoms with van der Waals surface area (Å²) >= 11 is 0. The molecule has 2 aromatic heterocycles. The number of benzene rings is 2. The predicted octanol–water partition coefficient (Wildman–Crippen LogP) is 4.25. The van der Waals surface area contributed by atoms with Gasteiger partial charge in [0, 0.05) is 18.8 Å². The van der Waals surface area contributed by atoms with Gasteiger partial charge in [-0.1, -0.05) is 18.2 Å². The molecule has 1 unspecified atom stereocenters. The van der Waals surface area contributed by atoms with Crippen molar-refractivity contribution in [3.63, 3.8) is 0 Å². The second kappa shape index (κ2) is 10.1. The van der Waals surface area contributed by atoms with Crippen molar-refractivity contribution in [2.75, 3.05) is 13.7 Å². The molecular formula is C26H26F2N4O3. The summed E-state index contributed by atoms with van der Waals surface area (Å²) in [6, 6.07) is 12.2. The highest BCUT2D eigenvalue weighted by molar-refractivity contribution is 5.95. The van der Waals surface area contributed by atoms with Gasteiger partial charge in [0.1, 0.15) is 29.7 Å². The topological polar surface area (TPSA) is 90.9 Å². The average Bonchev–Trinajstić information content (AvgIpc) is 3.17. The molecule has 4 rings (SSSR count). The summed E-state index contributed by atoms with van der Waals surface area (Å²) in [5.74, 6) is -0.755. The first-order valence-electron chi connectivity index (χ1n) is 11.0. The van der Waals surface area contributed by atoms with Crippen molar-refractivity contribution >= 4 is 11.6 Å². The summed E-state index contributed by atoms with van der Waals surface area (Å²) in [6.07, 6.45) is 1.75. The Balaban J connectivity index is 1.56. The molecule has 3 N–H and O–H groups in total. The molecule has 1 atom stereocenters. The van der Waals surface area contributed by atoms with E-state index in [4.69, 9.17) is 15.2 Å². The molecule has 0 aliphatic carbocycles. The van der Waals surface area contributed by atoms with E-state index in [-0.39, 0.29) is 24.6 Å². The number of pyridine rings is 1. The van der Waals surface area contributed by atoms with E-state index >= 15 is 0 Å². The van der Waals surface area contributed by atoms with Gasteiger partial charge >= 0.3 is 0 Å². The van der Waals surface area contributed by atoms with Crippen LogP contribution in [0.5, 0.6) is 11.5 Å². The zero-order valence-electron chi connectivity index (χ0n) is 19.6. The molecular weight excluding hydrogens is 454 g/mol. The molecule has 0 aliphatic heterocycles. The average molecular weight is 481 g/mol. The van der Waals surface area contributed by atoms with Crippen LogP contribution in [0.1, 0.15) is 38.9 Å². The summed E-state index contributed by atoms with van der Waals surface area (Å²) in [7, 11) is 1.58. The highest BCUT2D eigenvalue weighted by Crippen LogP contribution is 2.26. The third kappa shape index (κ3) is 5.09. The fraction of sp³-hybridized carbons (Fsp3) is 0.231. The van der Waals surface area contributed by atoms with Gasteiger partial charge < -0.3 is 20.5 Å². The minimum atomic E-state index is -0.694. The van der Waals surface area contributed by atoms with Gasteiger partial charge in [-0.2, -0.15) is 0 Å². The summed E-state index contributed by atoms with van der Waals surface area (Å²) in [5.41, 5.74) is 8.86. The van der Waals surface area contributed by atoms with Gasteiger partial charge in [0.05, 0.1) is 18.4 Å². The van der Waals surface area contributed by atoms with E-state index in [1.54, 1.807) is 30.7 Å². The zero-order valence-corrected chi connectivity index (χ0v) is 19.6. The van der Waals surface area contributed by atoms with Crippen molar-refractivity contribution in [3.05, 3.63) is 94.4 Å². The quantitative estimate of drug-likeness (QED) is 0.394. The maximum atomic E-state index is 14.0. The number of aryl methyl sites for hydroxylation is 2. The number of ether oxygens (including phenoxy) is 2. The number of fused-ring (bicyclic) bond motifs is 1. The predicted molar refractivity (Wildman–Crippen MR) is 128 cm³/mol. The number of carbonyl (C=O) groups is 1. The summed E-state index contributed by atoms with van der Waals surface area (Å²) < 4.78 is 40.6. The number of hydrogen-bond donors (Lipinski definition) is 2. The molecule has 35 heavy (non-hydrogen) atoms. The molecule has 4 aromatic rings. The lowest BCUT2D eigenvalue weighted by molar-refractivity contribution is 0.0944. The van der Waals surface area contributed by atoms with Gasteiger partial charge in [0.2, 0.25) is 0 Å². The molecule has 0 saturated carbocycles. The van der Waals surface area contributed by atoms with Crippen molar-refractivity contribution in [1.82, 2.24) is 14.7 Å². The Morgan fingerprint density at radius 1 is 1.14 bits per heavy atom. The number of amides is 1. The summed E-state index contributed by atoms with van der Waals surface area (Å²) in [6.45, 7) is 3.41. The number of carbonyl (C=O) groups excluding carboxylic acids is 1. The summed E-state index contributed by atoms with van der Waals surface area (Å²) in [4.78, 5) is 17.6. The van der Waals surface area contributed by atoms with Crippen LogP contribution < -0.4 is 20.5 Å². The minimum absolute atomic E-state index is 0.181. The molecule has 7 nitrogen and oxygen atoms in total. The van der Waals surface area contributed by atoms with Gasteiger partial charge in [-0.25, -0.2) is 13.8 Å². The van der Waals surface area contributed by atoms with E-state index in [1.807, 2.05) is 31.2 Å². The SMILES string of the molecule is COc1cccc(C(N)CNC(=O)c2c(C)nc3c(OCc4c(F)cccc4F)cc(C)cn23)c1. The van der Waals surface area contributed by atoms with Crippen LogP contribution in [0.3, 0.4) is 0 Å². The number of hydrogen-bond acceptors (Lipinski definition) is 5. The largest absolute Gasteiger partial charge is 0.497 e. The Hall–Kier alpha value is -3.98. The zero-order chi connectivity index (χ0) is 25.1. The van der Waals surface area contributed by atoms with E-state index in [1.165, 1.54) is 18.2 Å². The molecule has 1 amide bonds. The smallest absolute Gasteiger partial charge is 0.270 e. The van der Waals surface area contributed by atoms with Crippen molar-refractivity contribution in [2.45, 2.75) is 26.5 Å². The molecule has 2 heterocycles. The highest BCUT2D eigenvalue weighted by Gasteiger charge is 2.21. The highest BCUT2D eigenvalue weighted by atomic mass is 19.1. The van der Waals surface area contributed by atoms with Crippen molar-refractivity contribution in [2.24, 2.45) is 5.73 Å². The molecule has 0 radical (unpaired) electrons. The fourth-order valence-corrected chi connectivity index (χ4v) is 3.83. The normalized spacial score (nSPS) is 11.9. The first-order valence-corrected chi connectivity index (χ1v) is 11.0. The Bertz CT molecular complexity index is 1370. The number of nitrogens with zero attached hydrogens (tertiary/aromatic N) is 2. The molecule has 182 valence electrons. The molecule has 0 bridgehead atoms. The molecule has 9 heteroatoms. The van der Waals surface area contributed by atoms with Gasteiger partial charge in [0.15, 0.2) is 11.4 Å². The Kier molecular flexibility index (Phi) is 6.97. The van der Waals surface area contributed by atoms with Crippen molar-refractivity contribution in [1.29, 1.82) is 0 Å². The van der Waals surface area contributed by atoms with Gasteiger partial charge in [-0.15, -0.1) is 0 Å². The van der Waals surface area contributed by atoms with E-state index in [9.17, 15) is 13.6 Å². The first kappa shape index (κ1) is 24.2. The molecule has 0 saturated heterocycles. The third-order valence-corrected chi connectivity index (χ3v) is 5.65. The van der Waals surface area contributed by atoms with Crippen LogP contribution in [0.2, 0.25) is 0 Å². The van der Waals surface area contributed by atoms with Gasteiger partial charge in [0.25, 0.3) is 5.91 Å². The van der Waals surface area contributed by atoms with E-state index < -0.39 is 17.7 Å². The Morgan fingerprint density at radius 3 is 2.57 bits per heavy atom. The number of rotatable bonds is 8. The van der Waals surface area contributed by atoms with E-state index in [2.05, 4.69) is 10.3 Å². The maximum Gasteiger partial charge on any atom is 0.270 e. The van der Waals surface area contributed by atoms with Crippen LogP contribution in [0.4, 0.5) is 8.78 Å². The van der Waals surface area contributed by atoms with E-state index in [0.29, 0.717) is 28.5 Å². The lowest BCUT2D eigenvalue weighted by Gasteiger charge is -2.15. The second-order valence-electron chi connectivity index (χ2n) is 8.20. The second-order valence-corrected chi connectivity index (χ2v) is 8.20. The number of nitrogens with one attached hydrogen (secondary N) is 1. The van der Waals surface area contributed by atoms with Crippen molar-refractivity contribution in [3.8, 4) is 11.5 Å². The molecule has 0 fully saturated rings. The number of methoxy groups -OCH3 is 1. The minimum Gasteiger partial charge on any atom is -0.497 e. The van der Waals surface area contributed by atoms with E-state index in [0.717, 1.165) is 11.1 Å². The first-order chi connectivity index (χ1) is 16.8. The van der Waals surface area contributed by atoms with Crippen LogP contribution in [0.15, 0.2) is 54.7 Å². The molecule has 0 aliphatic rings. The lowest BCUT2D eigenvalue weighted by Crippen LogP contribution is -2.33. The van der Waals surface area contributed by atoms with Gasteiger partial charge in [-0.3, -0.25) is 9.20 Å². The van der Waals surface area contributed by atoms with Crippen LogP contribution in [0.25, 0.3) is 5.65 Å². The van der Waals surface area contributed by atoms with Crippen molar-refractivity contribution < 1.29 is 23.0 Å². The standard InChI is InChI=1S/C26H26F2N4O3/c1-15-10-23(35-14-19-20(27)8-5-9-21(19)28)25-31-16(2)24(32(25)13-15)26(33)30-12-22(29)17-6-4-7-18(11-17)34-3/h4-11,13,22H,12,14,29H2,1-3H3,(H,30,33). The Morgan fingerprint density at radius 2 is 1.86 bits per heavy atom. The van der Waals surface area contributed by atoms with Crippen LogP contribution in [-0.2, 0) is 6.61 Å². The number of aromatic nitrogens is 2. The Labute approximate surface area is 201 Å². The number of nitrogens with two attached hydrogens (primary N) is 1.